The molecule has 1 heterocycles. The third kappa shape index (κ3) is 2.60. The van der Waals surface area contributed by atoms with Crippen molar-refractivity contribution < 1.29 is 10.0 Å². The summed E-state index contributed by atoms with van der Waals surface area (Å²) >= 11 is 0. The minimum absolute atomic E-state index is 0.0672. The molecular formula is C12H17N3O3. The van der Waals surface area contributed by atoms with Crippen LogP contribution in [0, 0.1) is 10.1 Å². The van der Waals surface area contributed by atoms with Gasteiger partial charge < -0.3 is 10.4 Å². The van der Waals surface area contributed by atoms with Crippen molar-refractivity contribution in [2.75, 3.05) is 26.2 Å². The largest absolute Gasteiger partial charge is 0.508 e. The van der Waals surface area contributed by atoms with Crippen LogP contribution in [0.5, 0.6) is 5.75 Å². The van der Waals surface area contributed by atoms with E-state index in [1.807, 2.05) is 6.92 Å². The van der Waals surface area contributed by atoms with Gasteiger partial charge in [-0.3, -0.25) is 15.0 Å². The Balaban J connectivity index is 2.30. The van der Waals surface area contributed by atoms with E-state index in [0.717, 1.165) is 26.2 Å². The number of phenols is 1. The molecule has 0 bridgehead atoms. The third-order valence-electron chi connectivity index (χ3n) is 3.36. The maximum atomic E-state index is 11.0. The Morgan fingerprint density at radius 1 is 1.44 bits per heavy atom. The molecule has 1 aliphatic rings. The maximum Gasteiger partial charge on any atom is 0.274 e. The molecule has 6 nitrogen and oxygen atoms in total. The van der Waals surface area contributed by atoms with Crippen molar-refractivity contribution in [3.05, 3.63) is 33.9 Å². The topological polar surface area (TPSA) is 78.6 Å². The van der Waals surface area contributed by atoms with Gasteiger partial charge in [-0.15, -0.1) is 0 Å². The highest BCUT2D eigenvalue weighted by Gasteiger charge is 2.25. The van der Waals surface area contributed by atoms with Gasteiger partial charge in [-0.25, -0.2) is 0 Å². The van der Waals surface area contributed by atoms with E-state index in [-0.39, 0.29) is 17.5 Å². The first-order valence-corrected chi connectivity index (χ1v) is 6.01. The zero-order valence-electron chi connectivity index (χ0n) is 10.3. The summed E-state index contributed by atoms with van der Waals surface area (Å²) in [6.07, 6.45) is 0. The van der Waals surface area contributed by atoms with Crippen molar-refractivity contribution in [2.24, 2.45) is 0 Å². The summed E-state index contributed by atoms with van der Waals surface area (Å²) in [5.41, 5.74) is 0.640. The molecule has 0 unspecified atom stereocenters. The minimum atomic E-state index is -0.395. The second-order valence-electron chi connectivity index (χ2n) is 4.46. The summed E-state index contributed by atoms with van der Waals surface area (Å²) in [5, 5.41) is 23.8. The van der Waals surface area contributed by atoms with Gasteiger partial charge in [-0.05, 0) is 19.1 Å². The van der Waals surface area contributed by atoms with Crippen molar-refractivity contribution in [1.29, 1.82) is 0 Å². The van der Waals surface area contributed by atoms with E-state index in [1.165, 1.54) is 18.2 Å². The Hall–Kier alpha value is -1.66. The molecule has 1 aliphatic heterocycles. The summed E-state index contributed by atoms with van der Waals surface area (Å²) in [5.74, 6) is 0.0672. The minimum Gasteiger partial charge on any atom is -0.508 e. The van der Waals surface area contributed by atoms with E-state index in [2.05, 4.69) is 10.2 Å². The van der Waals surface area contributed by atoms with Crippen LogP contribution in [-0.2, 0) is 0 Å². The Bertz CT molecular complexity index is 444. The lowest BCUT2D eigenvalue weighted by Gasteiger charge is -2.32. The van der Waals surface area contributed by atoms with Crippen molar-refractivity contribution in [3.63, 3.8) is 0 Å². The van der Waals surface area contributed by atoms with Gasteiger partial charge in [0.25, 0.3) is 5.69 Å². The van der Waals surface area contributed by atoms with Crippen LogP contribution in [0.15, 0.2) is 18.2 Å². The fourth-order valence-electron chi connectivity index (χ4n) is 2.31. The first-order valence-electron chi connectivity index (χ1n) is 6.01. The van der Waals surface area contributed by atoms with Crippen molar-refractivity contribution in [2.45, 2.75) is 13.0 Å². The fraction of sp³-hybridized carbons (Fsp3) is 0.500. The van der Waals surface area contributed by atoms with Crippen molar-refractivity contribution in [1.82, 2.24) is 10.2 Å². The number of benzene rings is 1. The molecule has 1 aromatic carbocycles. The van der Waals surface area contributed by atoms with Crippen LogP contribution in [0.4, 0.5) is 5.69 Å². The average Bonchev–Trinajstić information content (AvgIpc) is 2.38. The number of nitro groups is 1. The standard InChI is InChI=1S/C12H17N3O3/c1-9(14-6-4-13-5-7-14)11-8-10(16)2-3-12(11)15(17)18/h2-3,8-9,13,16H,4-7H2,1H3/t9-/m1/s1. The Kier molecular flexibility index (Phi) is 3.78. The number of nitro benzene ring substituents is 1. The lowest BCUT2D eigenvalue weighted by molar-refractivity contribution is -0.386. The van der Waals surface area contributed by atoms with Gasteiger partial charge in [-0.1, -0.05) is 0 Å². The van der Waals surface area contributed by atoms with Gasteiger partial charge in [-0.2, -0.15) is 0 Å². The maximum absolute atomic E-state index is 11.0. The predicted octanol–water partition coefficient (Wildman–Crippen LogP) is 1.27. The van der Waals surface area contributed by atoms with Crippen LogP contribution in [0.1, 0.15) is 18.5 Å². The molecule has 0 amide bonds. The summed E-state index contributed by atoms with van der Waals surface area (Å²) in [4.78, 5) is 12.8. The molecule has 6 heteroatoms. The van der Waals surface area contributed by atoms with E-state index in [1.54, 1.807) is 0 Å². The number of rotatable bonds is 3. The highest BCUT2D eigenvalue weighted by atomic mass is 16.6. The summed E-state index contributed by atoms with van der Waals surface area (Å²) < 4.78 is 0. The quantitative estimate of drug-likeness (QED) is 0.624. The number of aromatic hydroxyl groups is 1. The Morgan fingerprint density at radius 2 is 2.11 bits per heavy atom. The lowest BCUT2D eigenvalue weighted by atomic mass is 10.0. The van der Waals surface area contributed by atoms with Crippen molar-refractivity contribution in [3.8, 4) is 5.75 Å². The zero-order chi connectivity index (χ0) is 13.1. The molecule has 1 aromatic rings. The van der Waals surface area contributed by atoms with Crippen LogP contribution >= 0.6 is 0 Å². The number of nitrogens with one attached hydrogen (secondary N) is 1. The van der Waals surface area contributed by atoms with Crippen LogP contribution in [-0.4, -0.2) is 41.1 Å². The van der Waals surface area contributed by atoms with Crippen molar-refractivity contribution >= 4 is 5.69 Å². The van der Waals surface area contributed by atoms with Crippen LogP contribution in [0.2, 0.25) is 0 Å². The molecule has 1 fully saturated rings. The molecule has 18 heavy (non-hydrogen) atoms. The average molecular weight is 251 g/mol. The normalized spacial score (nSPS) is 18.5. The van der Waals surface area contributed by atoms with Gasteiger partial charge in [0.2, 0.25) is 0 Å². The number of nitrogens with zero attached hydrogens (tertiary/aromatic N) is 2. The smallest absolute Gasteiger partial charge is 0.274 e. The third-order valence-corrected chi connectivity index (χ3v) is 3.36. The van der Waals surface area contributed by atoms with Gasteiger partial charge >= 0.3 is 0 Å². The number of hydrogen-bond donors (Lipinski definition) is 2. The second-order valence-corrected chi connectivity index (χ2v) is 4.46. The lowest BCUT2D eigenvalue weighted by Crippen LogP contribution is -2.44. The predicted molar refractivity (Wildman–Crippen MR) is 67.6 cm³/mol. The van der Waals surface area contributed by atoms with E-state index in [0.29, 0.717) is 5.56 Å². The van der Waals surface area contributed by atoms with Gasteiger partial charge in [0.1, 0.15) is 5.75 Å². The SMILES string of the molecule is C[C@H](c1cc(O)ccc1[N+](=O)[O-])N1CCNCC1. The molecule has 2 N–H and O–H groups in total. The molecule has 0 aliphatic carbocycles. The van der Waals surface area contributed by atoms with Crippen LogP contribution in [0.3, 0.4) is 0 Å². The molecule has 1 saturated heterocycles. The van der Waals surface area contributed by atoms with Gasteiger partial charge in [0.15, 0.2) is 0 Å². The monoisotopic (exact) mass is 251 g/mol. The molecule has 1 atom stereocenters. The fourth-order valence-corrected chi connectivity index (χ4v) is 2.31. The van der Waals surface area contributed by atoms with E-state index in [4.69, 9.17) is 0 Å². The molecule has 0 saturated carbocycles. The van der Waals surface area contributed by atoms with Gasteiger partial charge in [0.05, 0.1) is 10.5 Å². The molecular weight excluding hydrogens is 234 g/mol. The van der Waals surface area contributed by atoms with Crippen LogP contribution in [0.25, 0.3) is 0 Å². The van der Waals surface area contributed by atoms with E-state index in [9.17, 15) is 15.2 Å². The van der Waals surface area contributed by atoms with Gasteiger partial charge in [0, 0.05) is 38.3 Å². The Morgan fingerprint density at radius 3 is 2.72 bits per heavy atom. The van der Waals surface area contributed by atoms with Crippen LogP contribution < -0.4 is 5.32 Å². The summed E-state index contributed by atoms with van der Waals surface area (Å²) in [6, 6.07) is 4.14. The molecule has 0 aromatic heterocycles. The first kappa shape index (κ1) is 12.8. The summed E-state index contributed by atoms with van der Waals surface area (Å²) in [7, 11) is 0. The Labute approximate surface area is 105 Å². The molecule has 0 spiro atoms. The zero-order valence-corrected chi connectivity index (χ0v) is 10.3. The molecule has 2 rings (SSSR count). The molecule has 98 valence electrons. The number of phenolic OH excluding ortho intramolecular Hbond substituents is 1. The second kappa shape index (κ2) is 5.32. The highest BCUT2D eigenvalue weighted by Crippen LogP contribution is 2.31. The number of hydrogen-bond acceptors (Lipinski definition) is 5. The number of piperazine rings is 1. The first-order chi connectivity index (χ1) is 8.59. The van der Waals surface area contributed by atoms with E-state index < -0.39 is 4.92 Å². The summed E-state index contributed by atoms with van der Waals surface area (Å²) in [6.45, 7) is 5.42. The highest BCUT2D eigenvalue weighted by molar-refractivity contribution is 5.46. The van der Waals surface area contributed by atoms with E-state index >= 15 is 0 Å². The molecule has 0 radical (unpaired) electrons.